The molecule has 0 aliphatic carbocycles. The number of rotatable bonds is 4. The van der Waals surface area contributed by atoms with Gasteiger partial charge in [0.15, 0.2) is 0 Å². The van der Waals surface area contributed by atoms with Gasteiger partial charge in [0.25, 0.3) is 6.43 Å². The summed E-state index contributed by atoms with van der Waals surface area (Å²) < 4.78 is 30.0. The Bertz CT molecular complexity index is 427. The lowest BCUT2D eigenvalue weighted by Crippen LogP contribution is -2.11. The van der Waals surface area contributed by atoms with E-state index in [1.54, 1.807) is 6.92 Å². The van der Waals surface area contributed by atoms with Crippen LogP contribution in [0.3, 0.4) is 0 Å². The van der Waals surface area contributed by atoms with E-state index < -0.39 is 23.1 Å². The van der Waals surface area contributed by atoms with E-state index in [1.165, 1.54) is 6.07 Å². The van der Waals surface area contributed by atoms with Crippen LogP contribution in [0.2, 0.25) is 5.02 Å². The third-order valence-corrected chi connectivity index (χ3v) is 2.34. The molecule has 0 fully saturated rings. The zero-order valence-corrected chi connectivity index (χ0v) is 9.80. The summed E-state index contributed by atoms with van der Waals surface area (Å²) in [6, 6.07) is 1.26. The molecule has 0 saturated carbocycles. The standard InChI is InChI=1S/C10H11ClF2N2O2/c1-2-17-10(16)6-3-5(4-14)15-8(7(6)11)9(12)13/h3,9H,2,4,14H2,1H3. The zero-order chi connectivity index (χ0) is 13.0. The number of hydrogen-bond acceptors (Lipinski definition) is 4. The van der Waals surface area contributed by atoms with Gasteiger partial charge in [-0.15, -0.1) is 0 Å². The molecule has 1 aromatic heterocycles. The fourth-order valence-electron chi connectivity index (χ4n) is 1.21. The van der Waals surface area contributed by atoms with Crippen molar-refractivity contribution in [3.8, 4) is 0 Å². The minimum atomic E-state index is -2.87. The Hall–Kier alpha value is -1.27. The van der Waals surface area contributed by atoms with E-state index in [0.29, 0.717) is 0 Å². The highest BCUT2D eigenvalue weighted by atomic mass is 35.5. The molecule has 0 aromatic carbocycles. The quantitative estimate of drug-likeness (QED) is 0.848. The van der Waals surface area contributed by atoms with Crippen LogP contribution in [0.5, 0.6) is 0 Å². The Kier molecular flexibility index (Phi) is 4.77. The molecular formula is C10H11ClF2N2O2. The number of nitrogens with zero attached hydrogens (tertiary/aromatic N) is 1. The Morgan fingerprint density at radius 1 is 1.65 bits per heavy atom. The van der Waals surface area contributed by atoms with Crippen molar-refractivity contribution in [1.82, 2.24) is 4.98 Å². The van der Waals surface area contributed by atoms with Crippen LogP contribution < -0.4 is 5.73 Å². The Morgan fingerprint density at radius 3 is 2.76 bits per heavy atom. The van der Waals surface area contributed by atoms with E-state index in [4.69, 9.17) is 22.1 Å². The van der Waals surface area contributed by atoms with Gasteiger partial charge in [0.1, 0.15) is 5.69 Å². The molecule has 0 radical (unpaired) electrons. The summed E-state index contributed by atoms with van der Waals surface area (Å²) >= 11 is 5.68. The highest BCUT2D eigenvalue weighted by Gasteiger charge is 2.22. The SMILES string of the molecule is CCOC(=O)c1cc(CN)nc(C(F)F)c1Cl. The van der Waals surface area contributed by atoms with Gasteiger partial charge in [-0.2, -0.15) is 0 Å². The van der Waals surface area contributed by atoms with Gasteiger partial charge in [-0.3, -0.25) is 0 Å². The third-order valence-electron chi connectivity index (χ3n) is 1.95. The zero-order valence-electron chi connectivity index (χ0n) is 9.04. The molecule has 7 heteroatoms. The maximum atomic E-state index is 12.6. The van der Waals surface area contributed by atoms with Crippen LogP contribution in [0.4, 0.5) is 8.78 Å². The van der Waals surface area contributed by atoms with Gasteiger partial charge in [0.2, 0.25) is 0 Å². The summed E-state index contributed by atoms with van der Waals surface area (Å²) in [5.41, 5.74) is 4.67. The minimum absolute atomic E-state index is 0.0662. The first kappa shape index (κ1) is 13.8. The number of halogens is 3. The number of hydrogen-bond donors (Lipinski definition) is 1. The number of nitrogens with two attached hydrogens (primary N) is 1. The number of carbonyl (C=O) groups excluding carboxylic acids is 1. The summed E-state index contributed by atoms with van der Waals surface area (Å²) in [5.74, 6) is -0.767. The predicted molar refractivity (Wildman–Crippen MR) is 58.1 cm³/mol. The van der Waals surface area contributed by atoms with Crippen molar-refractivity contribution in [3.63, 3.8) is 0 Å². The molecule has 17 heavy (non-hydrogen) atoms. The minimum Gasteiger partial charge on any atom is -0.462 e. The first-order valence-corrected chi connectivity index (χ1v) is 5.23. The van der Waals surface area contributed by atoms with E-state index in [1.807, 2.05) is 0 Å². The normalized spacial score (nSPS) is 10.7. The van der Waals surface area contributed by atoms with Gasteiger partial charge < -0.3 is 10.5 Å². The van der Waals surface area contributed by atoms with E-state index in [9.17, 15) is 13.6 Å². The van der Waals surface area contributed by atoms with Crippen molar-refractivity contribution in [2.24, 2.45) is 5.73 Å². The van der Waals surface area contributed by atoms with Crippen LogP contribution in [0.15, 0.2) is 6.07 Å². The smallest absolute Gasteiger partial charge is 0.339 e. The van der Waals surface area contributed by atoms with Gasteiger partial charge in [-0.05, 0) is 13.0 Å². The molecule has 0 aliphatic rings. The van der Waals surface area contributed by atoms with Crippen LogP contribution in [-0.2, 0) is 11.3 Å². The van der Waals surface area contributed by atoms with Gasteiger partial charge in [-0.25, -0.2) is 18.6 Å². The van der Waals surface area contributed by atoms with Crippen molar-refractivity contribution in [2.75, 3.05) is 6.61 Å². The Balaban J connectivity index is 3.28. The van der Waals surface area contributed by atoms with Crippen LogP contribution in [0.1, 0.15) is 35.1 Å². The third kappa shape index (κ3) is 3.10. The summed E-state index contributed by atoms with van der Waals surface area (Å²) in [4.78, 5) is 15.1. The second-order valence-electron chi connectivity index (χ2n) is 3.09. The average Bonchev–Trinajstić information content (AvgIpc) is 2.29. The van der Waals surface area contributed by atoms with Crippen LogP contribution in [0.25, 0.3) is 0 Å². The summed E-state index contributed by atoms with van der Waals surface area (Å²) in [6.45, 7) is 1.66. The Morgan fingerprint density at radius 2 is 2.29 bits per heavy atom. The lowest BCUT2D eigenvalue weighted by molar-refractivity contribution is 0.0525. The lowest BCUT2D eigenvalue weighted by Gasteiger charge is -2.10. The van der Waals surface area contributed by atoms with Gasteiger partial charge in [-0.1, -0.05) is 11.6 Å². The van der Waals surface area contributed by atoms with Crippen LogP contribution in [0, 0.1) is 0 Å². The molecule has 0 atom stereocenters. The van der Waals surface area contributed by atoms with E-state index in [2.05, 4.69) is 4.98 Å². The number of pyridine rings is 1. The molecule has 94 valence electrons. The summed E-state index contributed by atoms with van der Waals surface area (Å²) in [6.07, 6.45) is -2.87. The van der Waals surface area contributed by atoms with Crippen molar-refractivity contribution in [2.45, 2.75) is 19.9 Å². The molecule has 1 aromatic rings. The Labute approximate surface area is 102 Å². The topological polar surface area (TPSA) is 65.2 Å². The number of carbonyl (C=O) groups is 1. The van der Waals surface area contributed by atoms with Gasteiger partial charge >= 0.3 is 5.97 Å². The van der Waals surface area contributed by atoms with Crippen molar-refractivity contribution in [1.29, 1.82) is 0 Å². The first-order chi connectivity index (χ1) is 8.01. The molecule has 2 N–H and O–H groups in total. The molecule has 0 aliphatic heterocycles. The maximum Gasteiger partial charge on any atom is 0.339 e. The van der Waals surface area contributed by atoms with Crippen molar-refractivity contribution < 1.29 is 18.3 Å². The van der Waals surface area contributed by atoms with Crippen LogP contribution in [-0.4, -0.2) is 17.6 Å². The second kappa shape index (κ2) is 5.88. The fourth-order valence-corrected chi connectivity index (χ4v) is 1.47. The monoisotopic (exact) mass is 264 g/mol. The predicted octanol–water partition coefficient (Wildman–Crippen LogP) is 2.31. The van der Waals surface area contributed by atoms with Gasteiger partial charge in [0, 0.05) is 6.54 Å². The molecular weight excluding hydrogens is 254 g/mol. The molecule has 0 saturated heterocycles. The molecule has 1 rings (SSSR count). The molecule has 0 amide bonds. The molecule has 0 bridgehead atoms. The highest BCUT2D eigenvalue weighted by molar-refractivity contribution is 6.34. The second-order valence-corrected chi connectivity index (χ2v) is 3.46. The van der Waals surface area contributed by atoms with Gasteiger partial charge in [0.05, 0.1) is 22.9 Å². The molecule has 0 unspecified atom stereocenters. The summed E-state index contributed by atoms with van der Waals surface area (Å²) in [5, 5.41) is -0.393. The van der Waals surface area contributed by atoms with E-state index in [-0.39, 0.29) is 24.4 Å². The number of aromatic nitrogens is 1. The van der Waals surface area contributed by atoms with E-state index in [0.717, 1.165) is 0 Å². The summed E-state index contributed by atoms with van der Waals surface area (Å²) in [7, 11) is 0. The van der Waals surface area contributed by atoms with Crippen LogP contribution >= 0.6 is 11.6 Å². The average molecular weight is 265 g/mol. The largest absolute Gasteiger partial charge is 0.462 e. The van der Waals surface area contributed by atoms with Crippen molar-refractivity contribution >= 4 is 17.6 Å². The molecule has 0 spiro atoms. The number of ether oxygens (including phenoxy) is 1. The lowest BCUT2D eigenvalue weighted by atomic mass is 10.2. The fraction of sp³-hybridized carbons (Fsp3) is 0.400. The maximum absolute atomic E-state index is 12.6. The number of esters is 1. The first-order valence-electron chi connectivity index (χ1n) is 4.85. The van der Waals surface area contributed by atoms with Crippen molar-refractivity contribution in [3.05, 3.63) is 28.0 Å². The molecule has 4 nitrogen and oxygen atoms in total. The number of alkyl halides is 2. The van der Waals surface area contributed by atoms with E-state index >= 15 is 0 Å². The molecule has 1 heterocycles. The highest BCUT2D eigenvalue weighted by Crippen LogP contribution is 2.29.